The molecule has 1 amide bonds. The summed E-state index contributed by atoms with van der Waals surface area (Å²) in [5, 5.41) is 11.9. The standard InChI is InChI=1S/C14H28N4O2/c1-10(2)11(12(15)16-20)13(19)18(5)9-14(17(3)4)7-6-8-14/h10-11,20H,6-9H2,1-5H3,(H2,15,16). The van der Waals surface area contributed by atoms with Crippen molar-refractivity contribution in [3.63, 3.8) is 0 Å². The molecule has 20 heavy (non-hydrogen) atoms. The molecule has 1 atom stereocenters. The Morgan fingerprint density at radius 2 is 1.90 bits per heavy atom. The molecule has 6 nitrogen and oxygen atoms in total. The average Bonchev–Trinajstić information content (AvgIpc) is 2.32. The molecule has 1 unspecified atom stereocenters. The van der Waals surface area contributed by atoms with Crippen molar-refractivity contribution in [2.24, 2.45) is 22.7 Å². The van der Waals surface area contributed by atoms with E-state index < -0.39 is 5.92 Å². The lowest BCUT2D eigenvalue weighted by molar-refractivity contribution is -0.136. The van der Waals surface area contributed by atoms with Gasteiger partial charge in [0.25, 0.3) is 0 Å². The number of oxime groups is 1. The maximum absolute atomic E-state index is 12.6. The van der Waals surface area contributed by atoms with Gasteiger partial charge in [0.15, 0.2) is 5.84 Å². The third-order valence-corrected chi connectivity index (χ3v) is 4.51. The van der Waals surface area contributed by atoms with E-state index in [0.29, 0.717) is 6.54 Å². The van der Waals surface area contributed by atoms with Crippen LogP contribution in [0, 0.1) is 11.8 Å². The SMILES string of the molecule is CC(C)C(C(=O)N(C)CC1(N(C)C)CCC1)C(N)=NO. The summed E-state index contributed by atoms with van der Waals surface area (Å²) in [6.45, 7) is 4.49. The number of carbonyl (C=O) groups excluding carboxylic acids is 1. The molecule has 0 bridgehead atoms. The summed E-state index contributed by atoms with van der Waals surface area (Å²) in [5.74, 6) is -0.658. The van der Waals surface area contributed by atoms with Crippen LogP contribution in [0.2, 0.25) is 0 Å². The van der Waals surface area contributed by atoms with Crippen molar-refractivity contribution in [1.82, 2.24) is 9.80 Å². The minimum Gasteiger partial charge on any atom is -0.409 e. The summed E-state index contributed by atoms with van der Waals surface area (Å²) >= 11 is 0. The van der Waals surface area contributed by atoms with Crippen LogP contribution in [0.1, 0.15) is 33.1 Å². The first-order chi connectivity index (χ1) is 9.25. The van der Waals surface area contributed by atoms with Crippen molar-refractivity contribution >= 4 is 11.7 Å². The Labute approximate surface area is 121 Å². The van der Waals surface area contributed by atoms with Crippen molar-refractivity contribution in [2.45, 2.75) is 38.6 Å². The highest BCUT2D eigenvalue weighted by Gasteiger charge is 2.42. The Bertz CT molecular complexity index is 375. The minimum atomic E-state index is -0.565. The van der Waals surface area contributed by atoms with E-state index in [2.05, 4.69) is 24.2 Å². The molecule has 0 aromatic heterocycles. The number of rotatable bonds is 6. The summed E-state index contributed by atoms with van der Waals surface area (Å²) in [6, 6.07) is 0. The molecule has 1 aliphatic carbocycles. The van der Waals surface area contributed by atoms with Gasteiger partial charge >= 0.3 is 0 Å². The molecule has 0 aliphatic heterocycles. The Kier molecular flexibility index (Phi) is 5.39. The van der Waals surface area contributed by atoms with E-state index in [0.717, 1.165) is 12.8 Å². The maximum Gasteiger partial charge on any atom is 0.233 e. The van der Waals surface area contributed by atoms with Crippen LogP contribution >= 0.6 is 0 Å². The Balaban J connectivity index is 2.80. The molecule has 1 saturated carbocycles. The van der Waals surface area contributed by atoms with Gasteiger partial charge < -0.3 is 20.7 Å². The second-order valence-electron chi connectivity index (χ2n) is 6.41. The quantitative estimate of drug-likeness (QED) is 0.329. The van der Waals surface area contributed by atoms with Gasteiger partial charge in [0.1, 0.15) is 5.92 Å². The first kappa shape index (κ1) is 16.8. The van der Waals surface area contributed by atoms with E-state index in [-0.39, 0.29) is 23.2 Å². The number of amides is 1. The van der Waals surface area contributed by atoms with Gasteiger partial charge in [-0.3, -0.25) is 4.79 Å². The predicted octanol–water partition coefficient (Wildman–Crippen LogP) is 0.948. The van der Waals surface area contributed by atoms with Crippen LogP contribution in [-0.2, 0) is 4.79 Å². The molecule has 0 saturated heterocycles. The zero-order chi connectivity index (χ0) is 15.5. The normalized spacial score (nSPS) is 19.9. The molecule has 0 aromatic rings. The Morgan fingerprint density at radius 3 is 2.20 bits per heavy atom. The topological polar surface area (TPSA) is 82.2 Å². The molecule has 0 aromatic carbocycles. The summed E-state index contributed by atoms with van der Waals surface area (Å²) < 4.78 is 0. The van der Waals surface area contributed by atoms with Gasteiger partial charge in [-0.15, -0.1) is 0 Å². The maximum atomic E-state index is 12.6. The first-order valence-corrected chi connectivity index (χ1v) is 7.15. The highest BCUT2D eigenvalue weighted by atomic mass is 16.4. The van der Waals surface area contributed by atoms with Gasteiger partial charge in [-0.2, -0.15) is 0 Å². The summed E-state index contributed by atoms with van der Waals surface area (Å²) in [5.41, 5.74) is 5.75. The number of nitrogens with two attached hydrogens (primary N) is 1. The van der Waals surface area contributed by atoms with E-state index in [4.69, 9.17) is 10.9 Å². The molecule has 3 N–H and O–H groups in total. The molecular weight excluding hydrogens is 256 g/mol. The Morgan fingerprint density at radius 1 is 1.35 bits per heavy atom. The fraction of sp³-hybridized carbons (Fsp3) is 0.857. The monoisotopic (exact) mass is 284 g/mol. The van der Waals surface area contributed by atoms with Crippen molar-refractivity contribution < 1.29 is 10.0 Å². The van der Waals surface area contributed by atoms with Crippen LogP contribution in [0.3, 0.4) is 0 Å². The van der Waals surface area contributed by atoms with Gasteiger partial charge in [0, 0.05) is 19.1 Å². The van der Waals surface area contributed by atoms with E-state index >= 15 is 0 Å². The van der Waals surface area contributed by atoms with Crippen molar-refractivity contribution in [3.8, 4) is 0 Å². The molecule has 1 aliphatic rings. The predicted molar refractivity (Wildman–Crippen MR) is 79.6 cm³/mol. The molecule has 6 heteroatoms. The summed E-state index contributed by atoms with van der Waals surface area (Å²) in [7, 11) is 5.91. The molecule has 1 fully saturated rings. The number of hydrogen-bond donors (Lipinski definition) is 2. The molecule has 0 heterocycles. The van der Waals surface area contributed by atoms with Gasteiger partial charge in [-0.05, 0) is 39.3 Å². The van der Waals surface area contributed by atoms with Crippen LogP contribution in [0.4, 0.5) is 0 Å². The summed E-state index contributed by atoms with van der Waals surface area (Å²) in [6.07, 6.45) is 3.41. The fourth-order valence-electron chi connectivity index (χ4n) is 2.90. The highest BCUT2D eigenvalue weighted by molar-refractivity contribution is 6.02. The third kappa shape index (κ3) is 3.23. The average molecular weight is 284 g/mol. The molecule has 1 rings (SSSR count). The van der Waals surface area contributed by atoms with Gasteiger partial charge in [-0.1, -0.05) is 19.0 Å². The van der Waals surface area contributed by atoms with E-state index in [1.807, 2.05) is 13.8 Å². The van der Waals surface area contributed by atoms with Gasteiger partial charge in [0.2, 0.25) is 5.91 Å². The van der Waals surface area contributed by atoms with Crippen LogP contribution in [-0.4, -0.2) is 60.0 Å². The zero-order valence-electron chi connectivity index (χ0n) is 13.3. The van der Waals surface area contributed by atoms with Gasteiger partial charge in [0.05, 0.1) is 0 Å². The molecule has 0 spiro atoms. The van der Waals surface area contributed by atoms with E-state index in [1.54, 1.807) is 11.9 Å². The van der Waals surface area contributed by atoms with E-state index in [1.165, 1.54) is 6.42 Å². The van der Waals surface area contributed by atoms with Crippen LogP contribution in [0.5, 0.6) is 0 Å². The second kappa shape index (κ2) is 6.43. The smallest absolute Gasteiger partial charge is 0.233 e. The zero-order valence-corrected chi connectivity index (χ0v) is 13.3. The highest BCUT2D eigenvalue weighted by Crippen LogP contribution is 2.37. The minimum absolute atomic E-state index is 0.00227. The van der Waals surface area contributed by atoms with Gasteiger partial charge in [-0.25, -0.2) is 0 Å². The number of amidine groups is 1. The number of likely N-dealkylation sites (N-methyl/N-ethyl adjacent to an activating group) is 2. The lowest BCUT2D eigenvalue weighted by Crippen LogP contribution is -2.58. The molecule has 116 valence electrons. The summed E-state index contributed by atoms with van der Waals surface area (Å²) in [4.78, 5) is 16.5. The Hall–Kier alpha value is -1.30. The fourth-order valence-corrected chi connectivity index (χ4v) is 2.90. The van der Waals surface area contributed by atoms with Crippen LogP contribution < -0.4 is 5.73 Å². The second-order valence-corrected chi connectivity index (χ2v) is 6.41. The van der Waals surface area contributed by atoms with Crippen LogP contribution in [0.25, 0.3) is 0 Å². The lowest BCUT2D eigenvalue weighted by Gasteiger charge is -2.49. The third-order valence-electron chi connectivity index (χ3n) is 4.51. The molecular formula is C14H28N4O2. The lowest BCUT2D eigenvalue weighted by atomic mass is 9.75. The van der Waals surface area contributed by atoms with Crippen molar-refractivity contribution in [2.75, 3.05) is 27.7 Å². The van der Waals surface area contributed by atoms with E-state index in [9.17, 15) is 4.79 Å². The van der Waals surface area contributed by atoms with Crippen LogP contribution in [0.15, 0.2) is 5.16 Å². The number of nitrogens with zero attached hydrogens (tertiary/aromatic N) is 3. The number of carbonyl (C=O) groups is 1. The van der Waals surface area contributed by atoms with Crippen molar-refractivity contribution in [1.29, 1.82) is 0 Å². The molecule has 0 radical (unpaired) electrons. The first-order valence-electron chi connectivity index (χ1n) is 7.15. The number of hydrogen-bond acceptors (Lipinski definition) is 4. The van der Waals surface area contributed by atoms with Crippen molar-refractivity contribution in [3.05, 3.63) is 0 Å². The largest absolute Gasteiger partial charge is 0.409 e.